The molecular weight excluding hydrogens is 361 g/mol. The molecule has 1 amide bonds. The van der Waals surface area contributed by atoms with E-state index in [0.717, 1.165) is 0 Å². The second kappa shape index (κ2) is 7.09. The maximum Gasteiger partial charge on any atom is 0.259 e. The number of nitrogens with one attached hydrogen (secondary N) is 1. The summed E-state index contributed by atoms with van der Waals surface area (Å²) in [4.78, 5) is 13.2. The van der Waals surface area contributed by atoms with E-state index >= 15 is 0 Å². The molecular formula is C18H13Cl2N3O2. The van der Waals surface area contributed by atoms with Crippen molar-refractivity contribution < 1.29 is 9.64 Å². The van der Waals surface area contributed by atoms with Crippen molar-refractivity contribution in [3.8, 4) is 11.1 Å². The molecule has 0 radical (unpaired) electrons. The highest BCUT2D eigenvalue weighted by Crippen LogP contribution is 2.30. The number of carbonyl (C=O) groups is 1. The summed E-state index contributed by atoms with van der Waals surface area (Å²) in [7, 11) is 0. The molecule has 0 bridgehead atoms. The van der Waals surface area contributed by atoms with Gasteiger partial charge < -0.3 is 10.5 Å². The molecule has 0 fully saturated rings. The van der Waals surface area contributed by atoms with Gasteiger partial charge in [-0.05, 0) is 29.8 Å². The topological polar surface area (TPSA) is 68.9 Å². The Morgan fingerprint density at radius 1 is 1.08 bits per heavy atom. The second-order valence-corrected chi connectivity index (χ2v) is 6.12. The third kappa shape index (κ3) is 3.57. The smallest absolute Gasteiger partial charge is 0.259 e. The molecule has 1 N–H and O–H groups in total. The van der Waals surface area contributed by atoms with Gasteiger partial charge in [-0.2, -0.15) is 0 Å². The highest BCUT2D eigenvalue weighted by molar-refractivity contribution is 6.34. The first kappa shape index (κ1) is 17.2. The first-order valence-corrected chi connectivity index (χ1v) is 8.15. The van der Waals surface area contributed by atoms with Crippen LogP contribution in [0.5, 0.6) is 0 Å². The van der Waals surface area contributed by atoms with Crippen molar-refractivity contribution in [2.24, 2.45) is 0 Å². The van der Waals surface area contributed by atoms with E-state index in [1.54, 1.807) is 43.3 Å². The van der Waals surface area contributed by atoms with E-state index in [-0.39, 0.29) is 16.4 Å². The van der Waals surface area contributed by atoms with Crippen molar-refractivity contribution in [3.63, 3.8) is 0 Å². The van der Waals surface area contributed by atoms with Crippen LogP contribution in [-0.2, 0) is 0 Å². The van der Waals surface area contributed by atoms with Gasteiger partial charge in [0, 0.05) is 22.7 Å². The van der Waals surface area contributed by atoms with E-state index in [1.807, 2.05) is 18.2 Å². The third-order valence-electron chi connectivity index (χ3n) is 3.68. The van der Waals surface area contributed by atoms with Crippen LogP contribution in [0.3, 0.4) is 0 Å². The minimum Gasteiger partial charge on any atom is -0.594 e. The SMILES string of the molecule is Cc1c(-c2ccccc2)c(C(=O)Nc2ccc(Cl)cc2)c(Cl)n[n+]1[O-]. The molecule has 0 unspecified atom stereocenters. The number of carbonyl (C=O) groups excluding carboxylic acids is 1. The van der Waals surface area contributed by atoms with Crippen LogP contribution >= 0.6 is 23.2 Å². The molecule has 0 saturated heterocycles. The molecule has 0 aliphatic heterocycles. The fourth-order valence-electron chi connectivity index (χ4n) is 2.48. The van der Waals surface area contributed by atoms with E-state index in [0.29, 0.717) is 26.7 Å². The van der Waals surface area contributed by atoms with Crippen molar-refractivity contribution >= 4 is 34.8 Å². The van der Waals surface area contributed by atoms with Crippen LogP contribution in [-0.4, -0.2) is 11.0 Å². The predicted octanol–water partition coefficient (Wildman–Crippen LogP) is 4.25. The predicted molar refractivity (Wildman–Crippen MR) is 97.8 cm³/mol. The Balaban J connectivity index is 2.10. The monoisotopic (exact) mass is 373 g/mol. The van der Waals surface area contributed by atoms with Gasteiger partial charge in [0.2, 0.25) is 10.8 Å². The number of halogens is 2. The van der Waals surface area contributed by atoms with E-state index < -0.39 is 5.91 Å². The van der Waals surface area contributed by atoms with E-state index in [9.17, 15) is 10.0 Å². The number of hydrogen-bond donors (Lipinski definition) is 1. The average molecular weight is 374 g/mol. The van der Waals surface area contributed by atoms with Crippen LogP contribution in [0.25, 0.3) is 11.1 Å². The maximum atomic E-state index is 12.8. The first-order valence-electron chi connectivity index (χ1n) is 7.39. The van der Waals surface area contributed by atoms with Gasteiger partial charge in [-0.1, -0.05) is 58.4 Å². The Bertz CT molecular complexity index is 929. The molecule has 0 aliphatic carbocycles. The lowest BCUT2D eigenvalue weighted by molar-refractivity contribution is -0.674. The summed E-state index contributed by atoms with van der Waals surface area (Å²) < 4.78 is 0. The molecule has 2 aromatic carbocycles. The minimum absolute atomic E-state index is 0.146. The lowest BCUT2D eigenvalue weighted by Gasteiger charge is -2.13. The Morgan fingerprint density at radius 2 is 1.72 bits per heavy atom. The third-order valence-corrected chi connectivity index (χ3v) is 4.19. The lowest BCUT2D eigenvalue weighted by Crippen LogP contribution is -2.37. The Kier molecular flexibility index (Phi) is 4.88. The zero-order valence-corrected chi connectivity index (χ0v) is 14.7. The Morgan fingerprint density at radius 3 is 2.36 bits per heavy atom. The van der Waals surface area contributed by atoms with Crippen molar-refractivity contribution in [2.45, 2.75) is 6.92 Å². The van der Waals surface area contributed by atoms with Crippen LogP contribution in [0.1, 0.15) is 16.1 Å². The first-order chi connectivity index (χ1) is 12.0. The molecule has 7 heteroatoms. The zero-order valence-electron chi connectivity index (χ0n) is 13.2. The van der Waals surface area contributed by atoms with E-state index in [2.05, 4.69) is 10.4 Å². The maximum absolute atomic E-state index is 12.8. The Hall–Kier alpha value is -2.63. The molecule has 0 aliphatic rings. The van der Waals surface area contributed by atoms with E-state index in [1.165, 1.54) is 0 Å². The normalized spacial score (nSPS) is 10.5. The molecule has 25 heavy (non-hydrogen) atoms. The average Bonchev–Trinajstić information content (AvgIpc) is 2.60. The number of anilines is 1. The summed E-state index contributed by atoms with van der Waals surface area (Å²) in [5, 5.41) is 18.8. The van der Waals surface area contributed by atoms with Gasteiger partial charge in [0.15, 0.2) is 0 Å². The molecule has 5 nitrogen and oxygen atoms in total. The minimum atomic E-state index is -0.456. The largest absolute Gasteiger partial charge is 0.594 e. The van der Waals surface area contributed by atoms with Gasteiger partial charge in [0.25, 0.3) is 5.91 Å². The van der Waals surface area contributed by atoms with Crippen LogP contribution in [0.4, 0.5) is 5.69 Å². The van der Waals surface area contributed by atoms with Crippen LogP contribution < -0.4 is 10.2 Å². The molecule has 0 saturated carbocycles. The number of rotatable bonds is 3. The van der Waals surface area contributed by atoms with Crippen molar-refractivity contribution in [1.82, 2.24) is 5.10 Å². The number of benzene rings is 2. The molecule has 3 rings (SSSR count). The van der Waals surface area contributed by atoms with Gasteiger partial charge in [0.1, 0.15) is 0 Å². The summed E-state index contributed by atoms with van der Waals surface area (Å²) in [6, 6.07) is 15.8. The quantitative estimate of drug-likeness (QED) is 0.551. The van der Waals surface area contributed by atoms with Crippen LogP contribution in [0.15, 0.2) is 54.6 Å². The van der Waals surface area contributed by atoms with Gasteiger partial charge in [-0.25, -0.2) is 0 Å². The van der Waals surface area contributed by atoms with E-state index in [4.69, 9.17) is 23.2 Å². The zero-order chi connectivity index (χ0) is 18.0. The van der Waals surface area contributed by atoms with Crippen LogP contribution in [0.2, 0.25) is 10.2 Å². The summed E-state index contributed by atoms with van der Waals surface area (Å²) in [6.45, 7) is 1.59. The summed E-state index contributed by atoms with van der Waals surface area (Å²) in [6.07, 6.45) is 0. The molecule has 1 aromatic heterocycles. The molecule has 0 spiro atoms. The van der Waals surface area contributed by atoms with Crippen molar-refractivity contribution in [3.05, 3.63) is 81.2 Å². The van der Waals surface area contributed by atoms with Gasteiger partial charge >= 0.3 is 0 Å². The van der Waals surface area contributed by atoms with Gasteiger partial charge in [-0.3, -0.25) is 4.79 Å². The standard InChI is InChI=1S/C18H13Cl2N3O2/c1-11-15(12-5-3-2-4-6-12)16(17(20)22-23(11)25)18(24)21-14-9-7-13(19)8-10-14/h2-10H,1H3,(H,21,24). The molecule has 0 atom stereocenters. The number of hydrogen-bond acceptors (Lipinski definition) is 3. The highest BCUT2D eigenvalue weighted by Gasteiger charge is 2.26. The molecule has 126 valence electrons. The Labute approximate surface area is 154 Å². The number of aromatic nitrogens is 2. The molecule has 1 heterocycles. The summed E-state index contributed by atoms with van der Waals surface area (Å²) >= 11 is 12.0. The van der Waals surface area contributed by atoms with Gasteiger partial charge in [-0.15, -0.1) is 0 Å². The van der Waals surface area contributed by atoms with Gasteiger partial charge in [0.05, 0.1) is 11.1 Å². The summed E-state index contributed by atoms with van der Waals surface area (Å²) in [5.41, 5.74) is 2.14. The fraction of sp³-hybridized carbons (Fsp3) is 0.0556. The number of amides is 1. The second-order valence-electron chi connectivity index (χ2n) is 5.33. The highest BCUT2D eigenvalue weighted by atomic mass is 35.5. The fourth-order valence-corrected chi connectivity index (χ4v) is 2.85. The van der Waals surface area contributed by atoms with Crippen molar-refractivity contribution in [1.29, 1.82) is 0 Å². The van der Waals surface area contributed by atoms with Crippen molar-refractivity contribution in [2.75, 3.05) is 5.32 Å². The molecule has 3 aromatic rings. The van der Waals surface area contributed by atoms with Crippen LogP contribution in [0, 0.1) is 12.1 Å². The lowest BCUT2D eigenvalue weighted by atomic mass is 9.99. The summed E-state index contributed by atoms with van der Waals surface area (Å²) in [5.74, 6) is -0.456. The number of nitrogens with zero attached hydrogens (tertiary/aromatic N) is 2.